The highest BCUT2D eigenvalue weighted by molar-refractivity contribution is 7.90. The number of hydrogen-bond acceptors (Lipinski definition) is 4. The number of nitrogens with two attached hydrogens (primary N) is 1. The fourth-order valence-corrected chi connectivity index (χ4v) is 3.84. The van der Waals surface area contributed by atoms with Crippen molar-refractivity contribution in [1.82, 2.24) is 4.31 Å². The monoisotopic (exact) mass is 266 g/mol. The van der Waals surface area contributed by atoms with Crippen LogP contribution in [0.3, 0.4) is 0 Å². The Balaban J connectivity index is 1.97. The second-order valence-electron chi connectivity index (χ2n) is 4.87. The molecule has 1 amide bonds. The summed E-state index contributed by atoms with van der Waals surface area (Å²) in [6.07, 6.45) is 3.04. The van der Waals surface area contributed by atoms with Crippen LogP contribution in [-0.4, -0.2) is 25.2 Å². The Morgan fingerprint density at radius 1 is 1.33 bits per heavy atom. The van der Waals surface area contributed by atoms with Crippen LogP contribution in [0.2, 0.25) is 0 Å². The van der Waals surface area contributed by atoms with Crippen molar-refractivity contribution in [3.8, 4) is 0 Å². The first-order valence-corrected chi connectivity index (χ1v) is 7.41. The number of sulfonamides is 1. The highest BCUT2D eigenvalue weighted by Gasteiger charge is 2.41. The number of carbonyl (C=O) groups is 1. The lowest BCUT2D eigenvalue weighted by atomic mass is 10.2. The van der Waals surface area contributed by atoms with E-state index >= 15 is 0 Å². The second-order valence-corrected chi connectivity index (χ2v) is 6.70. The number of anilines is 1. The molecule has 1 aliphatic carbocycles. The van der Waals surface area contributed by atoms with Gasteiger partial charge >= 0.3 is 0 Å². The molecule has 1 aromatic carbocycles. The highest BCUT2D eigenvalue weighted by Crippen LogP contribution is 2.36. The van der Waals surface area contributed by atoms with Crippen molar-refractivity contribution in [3.05, 3.63) is 23.8 Å². The Morgan fingerprint density at radius 3 is 2.72 bits per heavy atom. The maximum absolute atomic E-state index is 12.2. The van der Waals surface area contributed by atoms with E-state index in [0.717, 1.165) is 23.6 Å². The molecule has 1 saturated carbocycles. The Kier molecular flexibility index (Phi) is 2.38. The second kappa shape index (κ2) is 3.71. The van der Waals surface area contributed by atoms with Gasteiger partial charge in [0.05, 0.1) is 5.56 Å². The minimum Gasteiger partial charge on any atom is -0.399 e. The van der Waals surface area contributed by atoms with Gasteiger partial charge < -0.3 is 5.73 Å². The number of fused-ring (bicyclic) bond motifs is 1. The third-order valence-electron chi connectivity index (χ3n) is 3.47. The SMILES string of the molecule is Nc1ccc2c(c1)S(=O)(=O)N(CCC1CC1)C2=O. The van der Waals surface area contributed by atoms with Crippen molar-refractivity contribution in [2.75, 3.05) is 12.3 Å². The van der Waals surface area contributed by atoms with Crippen molar-refractivity contribution in [3.63, 3.8) is 0 Å². The van der Waals surface area contributed by atoms with Crippen LogP contribution in [0.25, 0.3) is 0 Å². The molecule has 0 unspecified atom stereocenters. The molecule has 0 bridgehead atoms. The largest absolute Gasteiger partial charge is 0.399 e. The standard InChI is InChI=1S/C12H14N2O3S/c13-9-3-4-10-11(7-9)18(16,17)14(12(10)15)6-5-8-1-2-8/h3-4,7-8H,1-2,5-6,13H2. The summed E-state index contributed by atoms with van der Waals surface area (Å²) in [4.78, 5) is 12.1. The van der Waals surface area contributed by atoms with E-state index in [4.69, 9.17) is 5.73 Å². The van der Waals surface area contributed by atoms with Crippen molar-refractivity contribution >= 4 is 21.6 Å². The molecule has 96 valence electrons. The van der Waals surface area contributed by atoms with Crippen LogP contribution in [-0.2, 0) is 10.0 Å². The Labute approximate surface area is 106 Å². The Hall–Kier alpha value is -1.56. The molecule has 0 saturated heterocycles. The van der Waals surface area contributed by atoms with Crippen molar-refractivity contribution in [1.29, 1.82) is 0 Å². The summed E-state index contributed by atoms with van der Waals surface area (Å²) in [6.45, 7) is 0.278. The molecule has 1 aliphatic heterocycles. The molecule has 3 rings (SSSR count). The predicted octanol–water partition coefficient (Wildman–Crippen LogP) is 1.21. The molecule has 5 nitrogen and oxygen atoms in total. The van der Waals surface area contributed by atoms with Gasteiger partial charge in [0.15, 0.2) is 0 Å². The fraction of sp³-hybridized carbons (Fsp3) is 0.417. The summed E-state index contributed by atoms with van der Waals surface area (Å²) < 4.78 is 25.4. The summed E-state index contributed by atoms with van der Waals surface area (Å²) in [5.74, 6) is 0.160. The molecular formula is C12H14N2O3S. The maximum atomic E-state index is 12.2. The number of rotatable bonds is 3. The first-order valence-electron chi connectivity index (χ1n) is 5.97. The molecular weight excluding hydrogens is 252 g/mol. The van der Waals surface area contributed by atoms with Crippen LogP contribution in [0.15, 0.2) is 23.1 Å². The molecule has 1 heterocycles. The summed E-state index contributed by atoms with van der Waals surface area (Å²) in [5, 5.41) is 0. The van der Waals surface area contributed by atoms with Crippen LogP contribution >= 0.6 is 0 Å². The first-order chi connectivity index (χ1) is 8.50. The molecule has 2 N–H and O–H groups in total. The van der Waals surface area contributed by atoms with Crippen LogP contribution in [0.1, 0.15) is 29.6 Å². The molecule has 0 atom stereocenters. The van der Waals surface area contributed by atoms with Gasteiger partial charge in [-0.1, -0.05) is 12.8 Å². The van der Waals surface area contributed by atoms with Crippen molar-refractivity contribution < 1.29 is 13.2 Å². The van der Waals surface area contributed by atoms with Crippen LogP contribution in [0.4, 0.5) is 5.69 Å². The van der Waals surface area contributed by atoms with Crippen LogP contribution in [0, 0.1) is 5.92 Å². The minimum absolute atomic E-state index is 0.0447. The fourth-order valence-electron chi connectivity index (χ4n) is 2.22. The smallest absolute Gasteiger partial charge is 0.269 e. The third kappa shape index (κ3) is 1.68. The maximum Gasteiger partial charge on any atom is 0.269 e. The molecule has 2 aliphatic rings. The van der Waals surface area contributed by atoms with Gasteiger partial charge in [0.25, 0.3) is 15.9 Å². The predicted molar refractivity (Wildman–Crippen MR) is 66.4 cm³/mol. The average Bonchev–Trinajstić information content (AvgIpc) is 3.09. The zero-order valence-electron chi connectivity index (χ0n) is 9.80. The Bertz CT molecular complexity index is 620. The summed E-state index contributed by atoms with van der Waals surface area (Å²) in [5.41, 5.74) is 6.17. The van der Waals surface area contributed by atoms with E-state index in [1.54, 1.807) is 6.07 Å². The van der Waals surface area contributed by atoms with Crippen LogP contribution in [0.5, 0.6) is 0 Å². The van der Waals surface area contributed by atoms with E-state index in [1.807, 2.05) is 0 Å². The number of carbonyl (C=O) groups excluding carboxylic acids is 1. The van der Waals surface area contributed by atoms with Gasteiger partial charge in [-0.25, -0.2) is 12.7 Å². The lowest BCUT2D eigenvalue weighted by Gasteiger charge is -2.14. The van der Waals surface area contributed by atoms with Gasteiger partial charge in [-0.3, -0.25) is 4.79 Å². The summed E-state index contributed by atoms with van der Waals surface area (Å²) in [6, 6.07) is 4.40. The summed E-state index contributed by atoms with van der Waals surface area (Å²) >= 11 is 0. The van der Waals surface area contributed by atoms with E-state index in [2.05, 4.69) is 0 Å². The van der Waals surface area contributed by atoms with Gasteiger partial charge in [-0.15, -0.1) is 0 Å². The molecule has 1 fully saturated rings. The topological polar surface area (TPSA) is 80.5 Å². The van der Waals surface area contributed by atoms with E-state index in [0.29, 0.717) is 11.6 Å². The van der Waals surface area contributed by atoms with Gasteiger partial charge in [0, 0.05) is 12.2 Å². The van der Waals surface area contributed by atoms with Gasteiger partial charge in [0.1, 0.15) is 4.90 Å². The number of nitrogens with zero attached hydrogens (tertiary/aromatic N) is 1. The molecule has 1 aromatic rings. The Morgan fingerprint density at radius 2 is 2.06 bits per heavy atom. The zero-order valence-corrected chi connectivity index (χ0v) is 10.6. The molecule has 18 heavy (non-hydrogen) atoms. The molecule has 6 heteroatoms. The molecule has 0 radical (unpaired) electrons. The first kappa shape index (κ1) is 11.5. The zero-order chi connectivity index (χ0) is 12.9. The van der Waals surface area contributed by atoms with E-state index in [9.17, 15) is 13.2 Å². The third-order valence-corrected chi connectivity index (χ3v) is 5.29. The summed E-state index contributed by atoms with van der Waals surface area (Å²) in [7, 11) is -3.68. The van der Waals surface area contributed by atoms with Crippen LogP contribution < -0.4 is 5.73 Å². The molecule has 0 spiro atoms. The number of amides is 1. The van der Waals surface area contributed by atoms with Gasteiger partial charge in [-0.05, 0) is 30.5 Å². The normalized spacial score (nSPS) is 21.1. The number of nitrogen functional groups attached to an aromatic ring is 1. The lowest BCUT2D eigenvalue weighted by Crippen LogP contribution is -2.31. The molecule has 0 aromatic heterocycles. The number of benzene rings is 1. The average molecular weight is 266 g/mol. The van der Waals surface area contributed by atoms with Gasteiger partial charge in [0.2, 0.25) is 0 Å². The lowest BCUT2D eigenvalue weighted by molar-refractivity contribution is 0.0869. The van der Waals surface area contributed by atoms with Crippen molar-refractivity contribution in [2.24, 2.45) is 5.92 Å². The van der Waals surface area contributed by atoms with Crippen molar-refractivity contribution in [2.45, 2.75) is 24.2 Å². The minimum atomic E-state index is -3.68. The number of hydrogen-bond donors (Lipinski definition) is 1. The van der Waals surface area contributed by atoms with Gasteiger partial charge in [-0.2, -0.15) is 0 Å². The van der Waals surface area contributed by atoms with E-state index in [1.165, 1.54) is 12.1 Å². The highest BCUT2D eigenvalue weighted by atomic mass is 32.2. The quantitative estimate of drug-likeness (QED) is 0.834. The van der Waals surface area contributed by atoms with E-state index in [-0.39, 0.29) is 17.0 Å². The van der Waals surface area contributed by atoms with E-state index < -0.39 is 15.9 Å².